The molecule has 0 saturated carbocycles. The van der Waals surface area contributed by atoms with Gasteiger partial charge in [0.05, 0.1) is 24.9 Å². The van der Waals surface area contributed by atoms with E-state index in [2.05, 4.69) is 4.90 Å². The van der Waals surface area contributed by atoms with Crippen molar-refractivity contribution in [2.24, 2.45) is 0 Å². The number of carbonyl (C=O) groups excluding carboxylic acids is 1. The van der Waals surface area contributed by atoms with Gasteiger partial charge in [0, 0.05) is 33.2 Å². The normalized spacial score (nSPS) is 16.2. The molecule has 1 aromatic heterocycles. The average molecular weight is 412 g/mol. The highest BCUT2D eigenvalue weighted by Crippen LogP contribution is 2.35. The minimum absolute atomic E-state index is 0.0495. The Hall–Kier alpha value is -2.87. The van der Waals surface area contributed by atoms with E-state index >= 15 is 0 Å². The summed E-state index contributed by atoms with van der Waals surface area (Å²) in [6.07, 6.45) is 4.18. The molecule has 4 rings (SSSR count). The second-order valence-corrected chi connectivity index (χ2v) is 7.55. The number of hydrogen-bond acceptors (Lipinski definition) is 7. The number of aromatic nitrogens is 2. The summed E-state index contributed by atoms with van der Waals surface area (Å²) in [6.45, 7) is 2.98. The van der Waals surface area contributed by atoms with Gasteiger partial charge in [0.25, 0.3) is 0 Å². The summed E-state index contributed by atoms with van der Waals surface area (Å²) in [7, 11) is 3.14. The van der Waals surface area contributed by atoms with Gasteiger partial charge in [-0.1, -0.05) is 12.1 Å². The molecule has 1 fully saturated rings. The third kappa shape index (κ3) is 4.33. The van der Waals surface area contributed by atoms with Crippen molar-refractivity contribution in [1.29, 1.82) is 0 Å². The van der Waals surface area contributed by atoms with Crippen LogP contribution in [0.5, 0.6) is 17.4 Å². The largest absolute Gasteiger partial charge is 0.493 e. The van der Waals surface area contributed by atoms with Gasteiger partial charge in [0.2, 0.25) is 17.7 Å². The van der Waals surface area contributed by atoms with Crippen molar-refractivity contribution >= 4 is 11.9 Å². The number of anilines is 1. The zero-order chi connectivity index (χ0) is 20.9. The van der Waals surface area contributed by atoms with Crippen molar-refractivity contribution in [3.63, 3.8) is 0 Å². The molecule has 0 radical (unpaired) electrons. The molecule has 2 aliphatic heterocycles. The molecular weight excluding hydrogens is 384 g/mol. The lowest BCUT2D eigenvalue weighted by atomic mass is 10.1. The summed E-state index contributed by atoms with van der Waals surface area (Å²) in [4.78, 5) is 26.0. The summed E-state index contributed by atoms with van der Waals surface area (Å²) in [5.74, 6) is 2.36. The number of hydrogen-bond donors (Lipinski definition) is 0. The van der Waals surface area contributed by atoms with Crippen molar-refractivity contribution < 1.29 is 19.0 Å². The first-order valence-electron chi connectivity index (χ1n) is 10.4. The van der Waals surface area contributed by atoms with Crippen molar-refractivity contribution in [3.05, 3.63) is 35.5 Å². The molecule has 2 aliphatic rings. The number of rotatable bonds is 6. The Bertz CT molecular complexity index is 899. The molecule has 1 saturated heterocycles. The van der Waals surface area contributed by atoms with Gasteiger partial charge in [0.15, 0.2) is 11.5 Å². The average Bonchev–Trinajstić information content (AvgIpc) is 2.80. The van der Waals surface area contributed by atoms with Crippen LogP contribution in [-0.2, 0) is 22.5 Å². The maximum absolute atomic E-state index is 12.4. The smallest absolute Gasteiger partial charge is 0.248 e. The maximum Gasteiger partial charge on any atom is 0.248 e. The molecule has 0 aliphatic carbocycles. The van der Waals surface area contributed by atoms with E-state index in [4.69, 9.17) is 24.2 Å². The monoisotopic (exact) mass is 412 g/mol. The lowest BCUT2D eigenvalue weighted by Gasteiger charge is -2.31. The fourth-order valence-electron chi connectivity index (χ4n) is 3.93. The molecule has 1 amide bonds. The zero-order valence-electron chi connectivity index (χ0n) is 17.6. The number of ether oxygens (including phenoxy) is 3. The fraction of sp³-hybridized carbons (Fsp3) is 0.500. The van der Waals surface area contributed by atoms with E-state index in [-0.39, 0.29) is 12.5 Å². The van der Waals surface area contributed by atoms with Gasteiger partial charge >= 0.3 is 0 Å². The summed E-state index contributed by atoms with van der Waals surface area (Å²) >= 11 is 0. The van der Waals surface area contributed by atoms with E-state index in [1.807, 2.05) is 24.3 Å². The quantitative estimate of drug-likeness (QED) is 0.722. The van der Waals surface area contributed by atoms with Crippen LogP contribution >= 0.6 is 0 Å². The number of piperidine rings is 1. The summed E-state index contributed by atoms with van der Waals surface area (Å²) in [5, 5.41) is 0. The van der Waals surface area contributed by atoms with E-state index in [9.17, 15) is 4.79 Å². The molecule has 3 heterocycles. The van der Waals surface area contributed by atoms with E-state index in [0.29, 0.717) is 42.8 Å². The third-order valence-corrected chi connectivity index (χ3v) is 5.55. The maximum atomic E-state index is 12.4. The fourth-order valence-corrected chi connectivity index (χ4v) is 3.93. The van der Waals surface area contributed by atoms with E-state index in [0.717, 1.165) is 37.2 Å². The third-order valence-electron chi connectivity index (χ3n) is 5.55. The number of fused-ring (bicyclic) bond motifs is 1. The van der Waals surface area contributed by atoms with E-state index < -0.39 is 0 Å². The van der Waals surface area contributed by atoms with Crippen LogP contribution in [0.2, 0.25) is 0 Å². The molecule has 30 heavy (non-hydrogen) atoms. The number of benzene rings is 1. The molecule has 0 bridgehead atoms. The SMILES string of the molecule is COCC(=O)N1CCc2nc(N3CCCCC3)nc(Oc3ccccc3OC)c2C1. The van der Waals surface area contributed by atoms with Crippen molar-refractivity contribution in [2.75, 3.05) is 45.4 Å². The Labute approximate surface area is 176 Å². The van der Waals surface area contributed by atoms with Crippen LogP contribution in [0.25, 0.3) is 0 Å². The lowest BCUT2D eigenvalue weighted by molar-refractivity contribution is -0.136. The Morgan fingerprint density at radius 3 is 2.53 bits per heavy atom. The van der Waals surface area contributed by atoms with Crippen LogP contribution in [0.3, 0.4) is 0 Å². The van der Waals surface area contributed by atoms with Crippen LogP contribution in [0.4, 0.5) is 5.95 Å². The molecule has 8 nitrogen and oxygen atoms in total. The minimum atomic E-state index is -0.0495. The van der Waals surface area contributed by atoms with Gasteiger partial charge < -0.3 is 24.0 Å². The summed E-state index contributed by atoms with van der Waals surface area (Å²) in [5.41, 5.74) is 1.79. The Balaban J connectivity index is 1.70. The lowest BCUT2D eigenvalue weighted by Crippen LogP contribution is -2.39. The summed E-state index contributed by atoms with van der Waals surface area (Å²) < 4.78 is 16.7. The molecular formula is C22H28N4O4. The topological polar surface area (TPSA) is 77.0 Å². The molecule has 2 aromatic rings. The summed E-state index contributed by atoms with van der Waals surface area (Å²) in [6, 6.07) is 7.49. The first-order valence-corrected chi connectivity index (χ1v) is 10.4. The number of methoxy groups -OCH3 is 2. The number of carbonyl (C=O) groups is 1. The first-order chi connectivity index (χ1) is 14.7. The van der Waals surface area contributed by atoms with Crippen LogP contribution in [0, 0.1) is 0 Å². The zero-order valence-corrected chi connectivity index (χ0v) is 17.6. The second-order valence-electron chi connectivity index (χ2n) is 7.55. The number of nitrogens with zero attached hydrogens (tertiary/aromatic N) is 4. The molecule has 0 atom stereocenters. The van der Waals surface area contributed by atoms with Crippen LogP contribution in [-0.4, -0.2) is 61.2 Å². The highest BCUT2D eigenvalue weighted by atomic mass is 16.5. The van der Waals surface area contributed by atoms with Gasteiger partial charge in [-0.2, -0.15) is 4.98 Å². The highest BCUT2D eigenvalue weighted by molar-refractivity contribution is 5.77. The van der Waals surface area contributed by atoms with Crippen LogP contribution in [0.1, 0.15) is 30.5 Å². The first kappa shape index (κ1) is 20.4. The van der Waals surface area contributed by atoms with Gasteiger partial charge in [-0.05, 0) is 31.4 Å². The molecule has 160 valence electrons. The van der Waals surface area contributed by atoms with E-state index in [1.54, 1.807) is 12.0 Å². The predicted molar refractivity (Wildman–Crippen MR) is 112 cm³/mol. The van der Waals surface area contributed by atoms with Crippen LogP contribution < -0.4 is 14.4 Å². The van der Waals surface area contributed by atoms with Crippen molar-refractivity contribution in [3.8, 4) is 17.4 Å². The standard InChI is InChI=1S/C22H28N4O4/c1-28-15-20(27)26-13-10-17-16(14-26)21(30-19-9-5-4-8-18(19)29-2)24-22(23-17)25-11-6-3-7-12-25/h4-5,8-9H,3,6-7,10-15H2,1-2H3. The van der Waals surface area contributed by atoms with Crippen molar-refractivity contribution in [2.45, 2.75) is 32.2 Å². The molecule has 0 spiro atoms. The second kappa shape index (κ2) is 9.30. The Morgan fingerprint density at radius 1 is 1.03 bits per heavy atom. The van der Waals surface area contributed by atoms with Crippen molar-refractivity contribution in [1.82, 2.24) is 14.9 Å². The van der Waals surface area contributed by atoms with Crippen LogP contribution in [0.15, 0.2) is 24.3 Å². The molecule has 0 unspecified atom stereocenters. The van der Waals surface area contributed by atoms with Gasteiger partial charge in [0.1, 0.15) is 6.61 Å². The van der Waals surface area contributed by atoms with Gasteiger partial charge in [-0.15, -0.1) is 0 Å². The molecule has 0 N–H and O–H groups in total. The number of para-hydroxylation sites is 2. The highest BCUT2D eigenvalue weighted by Gasteiger charge is 2.28. The number of amides is 1. The Morgan fingerprint density at radius 2 is 1.80 bits per heavy atom. The minimum Gasteiger partial charge on any atom is -0.493 e. The molecule has 8 heteroatoms. The Kier molecular flexibility index (Phi) is 6.32. The predicted octanol–water partition coefficient (Wildman–Crippen LogP) is 2.80. The van der Waals surface area contributed by atoms with Gasteiger partial charge in [-0.3, -0.25) is 4.79 Å². The van der Waals surface area contributed by atoms with E-state index in [1.165, 1.54) is 13.5 Å². The van der Waals surface area contributed by atoms with Gasteiger partial charge in [-0.25, -0.2) is 4.98 Å². The molecule has 1 aromatic carbocycles.